The minimum absolute atomic E-state index is 0.579. The van der Waals surface area contributed by atoms with Crippen molar-refractivity contribution in [2.24, 2.45) is 0 Å². The van der Waals surface area contributed by atoms with Crippen LogP contribution in [-0.4, -0.2) is 36.6 Å². The molecule has 2 atom stereocenters. The molecule has 1 saturated heterocycles. The van der Waals surface area contributed by atoms with E-state index in [2.05, 4.69) is 54.1 Å². The molecule has 0 saturated carbocycles. The molecule has 1 aliphatic rings. The van der Waals surface area contributed by atoms with Gasteiger partial charge in [-0.2, -0.15) is 0 Å². The Morgan fingerprint density at radius 3 is 2.84 bits per heavy atom. The fourth-order valence-electron chi connectivity index (χ4n) is 2.90. The van der Waals surface area contributed by atoms with E-state index in [-0.39, 0.29) is 0 Å². The first-order chi connectivity index (χ1) is 9.33. The van der Waals surface area contributed by atoms with Gasteiger partial charge in [0.15, 0.2) is 0 Å². The van der Waals surface area contributed by atoms with Gasteiger partial charge < -0.3 is 5.32 Å². The summed E-state index contributed by atoms with van der Waals surface area (Å²) in [5.74, 6) is 0. The number of nitrogens with zero attached hydrogens (tertiary/aromatic N) is 1. The van der Waals surface area contributed by atoms with Crippen molar-refractivity contribution in [2.75, 3.05) is 19.6 Å². The van der Waals surface area contributed by atoms with E-state index in [9.17, 15) is 0 Å². The van der Waals surface area contributed by atoms with Crippen molar-refractivity contribution in [3.63, 3.8) is 0 Å². The van der Waals surface area contributed by atoms with E-state index in [4.69, 9.17) is 0 Å². The van der Waals surface area contributed by atoms with E-state index in [1.807, 2.05) is 6.08 Å². The summed E-state index contributed by atoms with van der Waals surface area (Å²) >= 11 is 0. The highest BCUT2D eigenvalue weighted by Crippen LogP contribution is 2.14. The van der Waals surface area contributed by atoms with E-state index < -0.39 is 0 Å². The third kappa shape index (κ3) is 4.19. The average molecular weight is 258 g/mol. The summed E-state index contributed by atoms with van der Waals surface area (Å²) in [6.45, 7) is 9.54. The smallest absolute Gasteiger partial charge is 0.0236 e. The summed E-state index contributed by atoms with van der Waals surface area (Å²) in [7, 11) is 0. The number of rotatable bonds is 6. The first-order valence-electron chi connectivity index (χ1n) is 7.45. The Bertz CT molecular complexity index is 374. The maximum absolute atomic E-state index is 3.84. The quantitative estimate of drug-likeness (QED) is 0.789. The lowest BCUT2D eigenvalue weighted by molar-refractivity contribution is 0.128. The van der Waals surface area contributed by atoms with Crippen LogP contribution in [0.2, 0.25) is 0 Å². The van der Waals surface area contributed by atoms with Crippen LogP contribution >= 0.6 is 0 Å². The van der Waals surface area contributed by atoms with Crippen LogP contribution in [0.15, 0.2) is 43.0 Å². The fraction of sp³-hybridized carbons (Fsp3) is 0.529. The standard InChI is InChI=1S/C17H26N2/c1-3-5-11-19-14-16(18-13-17(19)4-2)12-15-9-7-6-8-10-15/h3,6-10,16-18H,1,4-5,11-14H2,2H3. The zero-order valence-electron chi connectivity index (χ0n) is 12.0. The summed E-state index contributed by atoms with van der Waals surface area (Å²) in [4.78, 5) is 2.63. The molecule has 19 heavy (non-hydrogen) atoms. The number of piperazine rings is 1. The predicted molar refractivity (Wildman–Crippen MR) is 82.4 cm³/mol. The average Bonchev–Trinajstić information content (AvgIpc) is 2.46. The van der Waals surface area contributed by atoms with Crippen LogP contribution in [0.1, 0.15) is 25.3 Å². The molecule has 0 bridgehead atoms. The molecule has 0 spiro atoms. The molecule has 1 aliphatic heterocycles. The van der Waals surface area contributed by atoms with Gasteiger partial charge in [0.05, 0.1) is 0 Å². The Hall–Kier alpha value is -1.12. The van der Waals surface area contributed by atoms with Crippen molar-refractivity contribution in [1.29, 1.82) is 0 Å². The highest BCUT2D eigenvalue weighted by atomic mass is 15.2. The van der Waals surface area contributed by atoms with Gasteiger partial charge in [0.25, 0.3) is 0 Å². The fourth-order valence-corrected chi connectivity index (χ4v) is 2.90. The molecule has 1 heterocycles. The minimum atomic E-state index is 0.579. The van der Waals surface area contributed by atoms with Gasteiger partial charge in [-0.1, -0.05) is 43.3 Å². The van der Waals surface area contributed by atoms with Crippen LogP contribution in [0.25, 0.3) is 0 Å². The molecule has 1 aromatic rings. The van der Waals surface area contributed by atoms with Gasteiger partial charge in [0.2, 0.25) is 0 Å². The molecule has 0 amide bonds. The lowest BCUT2D eigenvalue weighted by Crippen LogP contribution is -2.57. The zero-order valence-corrected chi connectivity index (χ0v) is 12.0. The van der Waals surface area contributed by atoms with Gasteiger partial charge in [-0.15, -0.1) is 6.58 Å². The molecule has 2 nitrogen and oxygen atoms in total. The van der Waals surface area contributed by atoms with Crippen LogP contribution in [0.5, 0.6) is 0 Å². The molecule has 1 N–H and O–H groups in total. The van der Waals surface area contributed by atoms with Gasteiger partial charge in [0, 0.05) is 31.7 Å². The summed E-state index contributed by atoms with van der Waals surface area (Å²) in [5.41, 5.74) is 1.43. The summed E-state index contributed by atoms with van der Waals surface area (Å²) in [6.07, 6.45) is 5.47. The first-order valence-corrected chi connectivity index (χ1v) is 7.45. The van der Waals surface area contributed by atoms with E-state index in [1.54, 1.807) is 0 Å². The monoisotopic (exact) mass is 258 g/mol. The van der Waals surface area contributed by atoms with Crippen LogP contribution in [-0.2, 0) is 6.42 Å². The van der Waals surface area contributed by atoms with Crippen molar-refractivity contribution in [2.45, 2.75) is 38.3 Å². The SMILES string of the molecule is C=CCCN1CC(Cc2ccccc2)NCC1CC. The van der Waals surface area contributed by atoms with E-state index >= 15 is 0 Å². The third-order valence-corrected chi connectivity index (χ3v) is 4.03. The molecule has 0 aliphatic carbocycles. The van der Waals surface area contributed by atoms with Crippen LogP contribution in [0.3, 0.4) is 0 Å². The second kappa shape index (κ2) is 7.46. The normalized spacial score (nSPS) is 24.3. The Kier molecular flexibility index (Phi) is 5.62. The molecule has 1 aromatic carbocycles. The second-order valence-electron chi connectivity index (χ2n) is 5.43. The topological polar surface area (TPSA) is 15.3 Å². The minimum Gasteiger partial charge on any atom is -0.311 e. The second-order valence-corrected chi connectivity index (χ2v) is 5.43. The molecular formula is C17H26N2. The van der Waals surface area contributed by atoms with Crippen molar-refractivity contribution in [3.05, 3.63) is 48.6 Å². The van der Waals surface area contributed by atoms with Crippen LogP contribution in [0.4, 0.5) is 0 Å². The number of nitrogens with one attached hydrogen (secondary N) is 1. The Morgan fingerprint density at radius 2 is 2.16 bits per heavy atom. The van der Waals surface area contributed by atoms with Gasteiger partial charge in [-0.05, 0) is 24.8 Å². The van der Waals surface area contributed by atoms with Crippen LogP contribution in [0, 0.1) is 0 Å². The third-order valence-electron chi connectivity index (χ3n) is 4.03. The maximum Gasteiger partial charge on any atom is 0.0236 e. The molecule has 1 fully saturated rings. The lowest BCUT2D eigenvalue weighted by Gasteiger charge is -2.40. The molecule has 0 radical (unpaired) electrons. The number of hydrogen-bond acceptors (Lipinski definition) is 2. The Labute approximate surface area is 117 Å². The highest BCUT2D eigenvalue weighted by Gasteiger charge is 2.25. The Balaban J connectivity index is 1.91. The molecule has 0 aromatic heterocycles. The first kappa shape index (κ1) is 14.3. The molecule has 2 rings (SSSR count). The van der Waals surface area contributed by atoms with E-state index in [1.165, 1.54) is 12.0 Å². The Morgan fingerprint density at radius 1 is 1.37 bits per heavy atom. The van der Waals surface area contributed by atoms with Gasteiger partial charge in [-0.25, -0.2) is 0 Å². The van der Waals surface area contributed by atoms with Crippen molar-refractivity contribution in [1.82, 2.24) is 10.2 Å². The molecule has 2 heteroatoms. The largest absolute Gasteiger partial charge is 0.311 e. The number of hydrogen-bond donors (Lipinski definition) is 1. The summed E-state index contributed by atoms with van der Waals surface area (Å²) in [5, 5.41) is 3.71. The highest BCUT2D eigenvalue weighted by molar-refractivity contribution is 5.16. The van der Waals surface area contributed by atoms with Gasteiger partial charge in [0.1, 0.15) is 0 Å². The summed E-state index contributed by atoms with van der Waals surface area (Å²) < 4.78 is 0. The van der Waals surface area contributed by atoms with Gasteiger partial charge in [-0.3, -0.25) is 4.90 Å². The molecule has 2 unspecified atom stereocenters. The van der Waals surface area contributed by atoms with Crippen LogP contribution < -0.4 is 5.32 Å². The van der Waals surface area contributed by atoms with E-state index in [0.717, 1.165) is 32.5 Å². The van der Waals surface area contributed by atoms with Crippen molar-refractivity contribution in [3.8, 4) is 0 Å². The maximum atomic E-state index is 3.84. The molecular weight excluding hydrogens is 232 g/mol. The molecule has 104 valence electrons. The van der Waals surface area contributed by atoms with Crippen molar-refractivity contribution >= 4 is 0 Å². The van der Waals surface area contributed by atoms with E-state index in [0.29, 0.717) is 12.1 Å². The van der Waals surface area contributed by atoms with Crippen molar-refractivity contribution < 1.29 is 0 Å². The summed E-state index contributed by atoms with van der Waals surface area (Å²) in [6, 6.07) is 12.1. The van der Waals surface area contributed by atoms with Gasteiger partial charge >= 0.3 is 0 Å². The predicted octanol–water partition coefficient (Wildman–Crippen LogP) is 2.86. The number of benzene rings is 1. The zero-order chi connectivity index (χ0) is 13.5. The lowest BCUT2D eigenvalue weighted by atomic mass is 10.0.